The lowest BCUT2D eigenvalue weighted by Gasteiger charge is -2.48. The molecule has 2 atom stereocenters. The highest BCUT2D eigenvalue weighted by atomic mass is 32.2. The Morgan fingerprint density at radius 1 is 1.13 bits per heavy atom. The van der Waals surface area contributed by atoms with Crippen LogP contribution in [0.4, 0.5) is 0 Å². The molecular formula is C27H42N6O4S. The number of piperazine rings is 1. The maximum atomic E-state index is 13.2. The fraction of sp³-hybridized carbons (Fsp3) is 0.667. The van der Waals surface area contributed by atoms with Gasteiger partial charge < -0.3 is 15.0 Å². The lowest BCUT2D eigenvalue weighted by atomic mass is 9.70. The number of ether oxygens (including phenoxy) is 1. The molecule has 2 unspecified atom stereocenters. The molecule has 0 spiro atoms. The van der Waals surface area contributed by atoms with Gasteiger partial charge in [0, 0.05) is 38.3 Å². The van der Waals surface area contributed by atoms with Crippen LogP contribution < -0.4 is 10.1 Å². The van der Waals surface area contributed by atoms with Gasteiger partial charge in [-0.05, 0) is 68.8 Å². The second-order valence-electron chi connectivity index (χ2n) is 11.6. The van der Waals surface area contributed by atoms with E-state index in [-0.39, 0.29) is 34.6 Å². The third-order valence-electron chi connectivity index (χ3n) is 8.09. The Kier molecular flexibility index (Phi) is 8.49. The minimum atomic E-state index is -3.65. The Balaban J connectivity index is 1.34. The SMILES string of the molecule is COc1cc(C)c(S(=O)(=O)Cc2cn(CC(=O)NC3CCC(N4CCN(C)CC4)CC3(C)C)nn2)c(C)c1. The third kappa shape index (κ3) is 6.55. The van der Waals surface area contributed by atoms with Crippen LogP contribution in [0.3, 0.4) is 0 Å². The highest BCUT2D eigenvalue weighted by Crippen LogP contribution is 2.38. The van der Waals surface area contributed by atoms with Gasteiger partial charge >= 0.3 is 0 Å². The topological polar surface area (TPSA) is 110 Å². The number of amides is 1. The summed E-state index contributed by atoms with van der Waals surface area (Å²) in [6.07, 6.45) is 4.61. The molecule has 2 fully saturated rings. The van der Waals surface area contributed by atoms with Crippen molar-refractivity contribution in [2.24, 2.45) is 5.41 Å². The van der Waals surface area contributed by atoms with Gasteiger partial charge in [0.05, 0.1) is 23.9 Å². The van der Waals surface area contributed by atoms with Crippen LogP contribution in [0.25, 0.3) is 0 Å². The van der Waals surface area contributed by atoms with E-state index >= 15 is 0 Å². The Morgan fingerprint density at radius 3 is 2.39 bits per heavy atom. The van der Waals surface area contributed by atoms with Crippen molar-refractivity contribution in [1.29, 1.82) is 0 Å². The second-order valence-corrected chi connectivity index (χ2v) is 13.6. The molecule has 0 radical (unpaired) electrons. The lowest BCUT2D eigenvalue weighted by Crippen LogP contribution is -2.56. The van der Waals surface area contributed by atoms with E-state index < -0.39 is 9.84 Å². The number of rotatable bonds is 8. The number of carbonyl (C=O) groups excluding carboxylic acids is 1. The quantitative estimate of drug-likeness (QED) is 0.537. The molecule has 1 amide bonds. The molecule has 38 heavy (non-hydrogen) atoms. The molecule has 1 aromatic carbocycles. The maximum absolute atomic E-state index is 13.2. The van der Waals surface area contributed by atoms with Crippen LogP contribution >= 0.6 is 0 Å². The van der Waals surface area contributed by atoms with Crippen LogP contribution in [0.1, 0.15) is 49.9 Å². The molecular weight excluding hydrogens is 504 g/mol. The highest BCUT2D eigenvalue weighted by molar-refractivity contribution is 7.90. The first-order chi connectivity index (χ1) is 17.9. The van der Waals surface area contributed by atoms with Crippen LogP contribution in [0.5, 0.6) is 5.75 Å². The van der Waals surface area contributed by atoms with Crippen molar-refractivity contribution < 1.29 is 17.9 Å². The van der Waals surface area contributed by atoms with E-state index in [1.165, 1.54) is 4.68 Å². The van der Waals surface area contributed by atoms with E-state index in [1.807, 2.05) is 0 Å². The largest absolute Gasteiger partial charge is 0.497 e. The van der Waals surface area contributed by atoms with Crippen molar-refractivity contribution >= 4 is 15.7 Å². The summed E-state index contributed by atoms with van der Waals surface area (Å²) in [4.78, 5) is 18.2. The van der Waals surface area contributed by atoms with Gasteiger partial charge in [0.15, 0.2) is 9.84 Å². The molecule has 2 aromatic rings. The molecule has 11 heteroatoms. The Hall–Kier alpha value is -2.50. The van der Waals surface area contributed by atoms with Gasteiger partial charge in [0.25, 0.3) is 0 Å². The Morgan fingerprint density at radius 2 is 1.79 bits per heavy atom. The Labute approximate surface area is 226 Å². The maximum Gasteiger partial charge on any atom is 0.242 e. The molecule has 4 rings (SSSR count). The van der Waals surface area contributed by atoms with Gasteiger partial charge in [-0.2, -0.15) is 0 Å². The molecule has 210 valence electrons. The number of carbonyl (C=O) groups is 1. The lowest BCUT2D eigenvalue weighted by molar-refractivity contribution is -0.124. The Bertz CT molecular complexity index is 1230. The number of nitrogens with zero attached hydrogens (tertiary/aromatic N) is 5. The van der Waals surface area contributed by atoms with E-state index in [0.717, 1.165) is 45.4 Å². The summed E-state index contributed by atoms with van der Waals surface area (Å²) in [6, 6.07) is 4.07. The first kappa shape index (κ1) is 28.5. The van der Waals surface area contributed by atoms with E-state index in [1.54, 1.807) is 39.3 Å². The number of nitrogens with one attached hydrogen (secondary N) is 1. The van der Waals surface area contributed by atoms with E-state index in [2.05, 4.69) is 46.3 Å². The van der Waals surface area contributed by atoms with Gasteiger partial charge in [0.2, 0.25) is 5.91 Å². The standard InChI is InChI=1S/C27H42N6O4S/c1-19-13-23(37-6)14-20(2)26(19)38(35,36)18-21-16-33(30-29-21)17-25(34)28-24-8-7-22(15-27(24,3)4)32-11-9-31(5)10-12-32/h13-14,16,22,24H,7-12,15,17-18H2,1-6H3,(H,28,34). The first-order valence-corrected chi connectivity index (χ1v) is 15.0. The van der Waals surface area contributed by atoms with Crippen LogP contribution in [0.15, 0.2) is 23.2 Å². The van der Waals surface area contributed by atoms with Gasteiger partial charge in [-0.1, -0.05) is 19.1 Å². The van der Waals surface area contributed by atoms with Crippen molar-refractivity contribution in [1.82, 2.24) is 30.1 Å². The number of methoxy groups -OCH3 is 1. The molecule has 1 N–H and O–H groups in total. The van der Waals surface area contributed by atoms with Crippen molar-refractivity contribution in [3.63, 3.8) is 0 Å². The number of aromatic nitrogens is 3. The zero-order chi connectivity index (χ0) is 27.7. The predicted octanol–water partition coefficient (Wildman–Crippen LogP) is 2.19. The highest BCUT2D eigenvalue weighted by Gasteiger charge is 2.40. The molecule has 0 bridgehead atoms. The minimum Gasteiger partial charge on any atom is -0.497 e. The summed E-state index contributed by atoms with van der Waals surface area (Å²) in [5.41, 5.74) is 1.54. The number of hydrogen-bond acceptors (Lipinski definition) is 8. The van der Waals surface area contributed by atoms with E-state index in [0.29, 0.717) is 28.6 Å². The van der Waals surface area contributed by atoms with Crippen LogP contribution in [0, 0.1) is 19.3 Å². The minimum absolute atomic E-state index is 0.00209. The first-order valence-electron chi connectivity index (χ1n) is 13.4. The zero-order valence-corrected chi connectivity index (χ0v) is 24.3. The summed E-state index contributed by atoms with van der Waals surface area (Å²) in [5, 5.41) is 11.3. The fourth-order valence-corrected chi connectivity index (χ4v) is 7.79. The van der Waals surface area contributed by atoms with Gasteiger partial charge in [-0.3, -0.25) is 9.69 Å². The number of aryl methyl sites for hydroxylation is 2. The molecule has 1 aliphatic carbocycles. The normalized spacial score (nSPS) is 22.8. The summed E-state index contributed by atoms with van der Waals surface area (Å²) in [7, 11) is 0.0779. The summed E-state index contributed by atoms with van der Waals surface area (Å²) >= 11 is 0. The van der Waals surface area contributed by atoms with Crippen LogP contribution in [0.2, 0.25) is 0 Å². The zero-order valence-electron chi connectivity index (χ0n) is 23.5. The number of likely N-dealkylation sites (N-methyl/N-ethyl adjacent to an activating group) is 1. The predicted molar refractivity (Wildman–Crippen MR) is 146 cm³/mol. The number of sulfone groups is 1. The van der Waals surface area contributed by atoms with Gasteiger partial charge in [0.1, 0.15) is 18.0 Å². The molecule has 10 nitrogen and oxygen atoms in total. The molecule has 1 aliphatic heterocycles. The average molecular weight is 547 g/mol. The summed E-state index contributed by atoms with van der Waals surface area (Å²) < 4.78 is 33.0. The smallest absolute Gasteiger partial charge is 0.242 e. The van der Waals surface area contributed by atoms with E-state index in [4.69, 9.17) is 4.74 Å². The second kappa shape index (κ2) is 11.3. The fourth-order valence-electron chi connectivity index (χ4n) is 6.02. The van der Waals surface area contributed by atoms with Crippen molar-refractivity contribution in [3.8, 4) is 5.75 Å². The average Bonchev–Trinajstić information content (AvgIpc) is 3.25. The van der Waals surface area contributed by atoms with Crippen molar-refractivity contribution in [2.45, 2.75) is 76.2 Å². The van der Waals surface area contributed by atoms with Gasteiger partial charge in [-0.25, -0.2) is 13.1 Å². The monoisotopic (exact) mass is 546 g/mol. The number of hydrogen-bond donors (Lipinski definition) is 1. The van der Waals surface area contributed by atoms with Crippen molar-refractivity contribution in [3.05, 3.63) is 35.2 Å². The molecule has 1 saturated heterocycles. The molecule has 2 aliphatic rings. The summed E-state index contributed by atoms with van der Waals surface area (Å²) in [5.74, 6) is 0.195. The van der Waals surface area contributed by atoms with Crippen molar-refractivity contribution in [2.75, 3.05) is 40.3 Å². The van der Waals surface area contributed by atoms with Crippen LogP contribution in [-0.4, -0.2) is 91.5 Å². The van der Waals surface area contributed by atoms with Gasteiger partial charge in [-0.15, -0.1) is 5.10 Å². The third-order valence-corrected chi connectivity index (χ3v) is 10.0. The van der Waals surface area contributed by atoms with E-state index in [9.17, 15) is 13.2 Å². The molecule has 1 aromatic heterocycles. The number of benzene rings is 1. The molecule has 1 saturated carbocycles. The van der Waals surface area contributed by atoms with Crippen LogP contribution in [-0.2, 0) is 26.9 Å². The summed E-state index contributed by atoms with van der Waals surface area (Å²) in [6.45, 7) is 12.4. The molecule has 2 heterocycles.